The van der Waals surface area contributed by atoms with Gasteiger partial charge in [0.05, 0.1) is 0 Å². The summed E-state index contributed by atoms with van der Waals surface area (Å²) < 4.78 is 0.880. The zero-order valence-corrected chi connectivity index (χ0v) is 12.7. The first-order chi connectivity index (χ1) is 8.68. The maximum Gasteiger partial charge on any atom is 0.101 e. The molecule has 2 rings (SSSR count). The summed E-state index contributed by atoms with van der Waals surface area (Å²) in [7, 11) is 0. The Morgan fingerprint density at radius 3 is 2.72 bits per heavy atom. The molecule has 1 atom stereocenters. The number of hydrogen-bond donors (Lipinski definition) is 1. The van der Waals surface area contributed by atoms with Crippen LogP contribution in [0.15, 0.2) is 34.3 Å². The van der Waals surface area contributed by atoms with Crippen molar-refractivity contribution in [1.82, 2.24) is 0 Å². The number of allylic oxidation sites excluding steroid dienone is 1. The summed E-state index contributed by atoms with van der Waals surface area (Å²) >= 11 is 9.41. The standard InChI is InChI=1S/C15H18BrClO/c16-14-10-12(17)8-9-13(14)15(18)11-6-4-2-1-3-5-7-11/h6,8-10,15,18H,1-5,7H2/b11-6+. The van der Waals surface area contributed by atoms with Crippen LogP contribution >= 0.6 is 27.5 Å². The Kier molecular flexibility index (Phi) is 5.28. The van der Waals surface area contributed by atoms with Gasteiger partial charge in [-0.15, -0.1) is 0 Å². The average Bonchev–Trinajstić information content (AvgIpc) is 2.27. The first-order valence-corrected chi connectivity index (χ1v) is 7.67. The molecule has 1 nitrogen and oxygen atoms in total. The third kappa shape index (κ3) is 3.59. The minimum atomic E-state index is -0.505. The van der Waals surface area contributed by atoms with Gasteiger partial charge in [0.1, 0.15) is 6.10 Å². The van der Waals surface area contributed by atoms with Crippen molar-refractivity contribution in [3.8, 4) is 0 Å². The summed E-state index contributed by atoms with van der Waals surface area (Å²) in [4.78, 5) is 0. The van der Waals surface area contributed by atoms with Gasteiger partial charge in [-0.3, -0.25) is 0 Å². The van der Waals surface area contributed by atoms with E-state index in [0.717, 1.165) is 28.5 Å². The van der Waals surface area contributed by atoms with Gasteiger partial charge in [0.25, 0.3) is 0 Å². The van der Waals surface area contributed by atoms with Crippen molar-refractivity contribution < 1.29 is 5.11 Å². The highest BCUT2D eigenvalue weighted by atomic mass is 79.9. The lowest BCUT2D eigenvalue weighted by molar-refractivity contribution is 0.208. The van der Waals surface area contributed by atoms with Gasteiger partial charge in [-0.05, 0) is 49.0 Å². The fourth-order valence-corrected chi connectivity index (χ4v) is 3.29. The summed E-state index contributed by atoms with van der Waals surface area (Å²) in [6, 6.07) is 5.56. The zero-order valence-electron chi connectivity index (χ0n) is 10.3. The van der Waals surface area contributed by atoms with Crippen LogP contribution in [0.4, 0.5) is 0 Å². The van der Waals surface area contributed by atoms with Crippen LogP contribution in [0.3, 0.4) is 0 Å². The summed E-state index contributed by atoms with van der Waals surface area (Å²) in [5.74, 6) is 0. The number of hydrogen-bond acceptors (Lipinski definition) is 1. The normalized spacial score (nSPS) is 21.6. The molecule has 18 heavy (non-hydrogen) atoms. The van der Waals surface area contributed by atoms with Crippen LogP contribution in [0.5, 0.6) is 0 Å². The van der Waals surface area contributed by atoms with Gasteiger partial charge in [-0.25, -0.2) is 0 Å². The Labute approximate surface area is 122 Å². The molecule has 1 aromatic rings. The first-order valence-electron chi connectivity index (χ1n) is 6.50. The average molecular weight is 330 g/mol. The van der Waals surface area contributed by atoms with Crippen molar-refractivity contribution >= 4 is 27.5 Å². The Morgan fingerprint density at radius 2 is 1.94 bits per heavy atom. The molecule has 0 saturated carbocycles. The number of aliphatic hydroxyl groups excluding tert-OH is 1. The third-order valence-electron chi connectivity index (χ3n) is 3.43. The maximum atomic E-state index is 10.5. The van der Waals surface area contributed by atoms with Gasteiger partial charge in [0, 0.05) is 9.50 Å². The van der Waals surface area contributed by atoms with Gasteiger partial charge in [0.15, 0.2) is 0 Å². The number of benzene rings is 1. The van der Waals surface area contributed by atoms with E-state index in [-0.39, 0.29) is 0 Å². The van der Waals surface area contributed by atoms with E-state index in [1.54, 1.807) is 0 Å². The Balaban J connectivity index is 2.20. The molecule has 98 valence electrons. The van der Waals surface area contributed by atoms with Crippen LogP contribution in [-0.2, 0) is 0 Å². The second-order valence-electron chi connectivity index (χ2n) is 4.80. The van der Waals surface area contributed by atoms with Gasteiger partial charge >= 0.3 is 0 Å². The van der Waals surface area contributed by atoms with E-state index in [4.69, 9.17) is 11.6 Å². The van der Waals surface area contributed by atoms with Crippen molar-refractivity contribution in [2.45, 2.75) is 44.6 Å². The first kappa shape index (κ1) is 14.1. The molecule has 1 unspecified atom stereocenters. The highest BCUT2D eigenvalue weighted by molar-refractivity contribution is 9.10. The van der Waals surface area contributed by atoms with E-state index in [9.17, 15) is 5.11 Å². The lowest BCUT2D eigenvalue weighted by Gasteiger charge is -2.19. The van der Waals surface area contributed by atoms with E-state index in [1.807, 2.05) is 18.2 Å². The molecule has 0 saturated heterocycles. The van der Waals surface area contributed by atoms with Crippen molar-refractivity contribution in [3.05, 3.63) is 44.9 Å². The monoisotopic (exact) mass is 328 g/mol. The number of rotatable bonds is 2. The minimum Gasteiger partial charge on any atom is -0.384 e. The molecule has 1 aliphatic rings. The fourth-order valence-electron chi connectivity index (χ4n) is 2.39. The molecule has 0 radical (unpaired) electrons. The largest absolute Gasteiger partial charge is 0.384 e. The van der Waals surface area contributed by atoms with E-state index < -0.39 is 6.10 Å². The van der Waals surface area contributed by atoms with Gasteiger partial charge in [0.2, 0.25) is 0 Å². The molecular weight excluding hydrogens is 312 g/mol. The summed E-state index contributed by atoms with van der Waals surface area (Å²) in [6.45, 7) is 0. The van der Waals surface area contributed by atoms with Crippen molar-refractivity contribution in [3.63, 3.8) is 0 Å². The molecule has 0 amide bonds. The predicted octanol–water partition coefficient (Wildman–Crippen LogP) is 5.42. The van der Waals surface area contributed by atoms with Crippen LogP contribution in [0, 0.1) is 0 Å². The fraction of sp³-hybridized carbons (Fsp3) is 0.467. The minimum absolute atomic E-state index is 0.505. The van der Waals surface area contributed by atoms with E-state index >= 15 is 0 Å². The second kappa shape index (κ2) is 6.74. The molecule has 1 aromatic carbocycles. The van der Waals surface area contributed by atoms with Gasteiger partial charge in [-0.1, -0.05) is 52.5 Å². The Morgan fingerprint density at radius 1 is 1.17 bits per heavy atom. The molecule has 0 heterocycles. The van der Waals surface area contributed by atoms with E-state index in [0.29, 0.717) is 5.02 Å². The second-order valence-corrected chi connectivity index (χ2v) is 6.09. The molecular formula is C15H18BrClO. The summed E-state index contributed by atoms with van der Waals surface area (Å²) in [5, 5.41) is 11.2. The molecule has 0 aromatic heterocycles. The molecule has 1 N–H and O–H groups in total. The maximum absolute atomic E-state index is 10.5. The Bertz CT molecular complexity index is 442. The van der Waals surface area contributed by atoms with Crippen LogP contribution < -0.4 is 0 Å². The molecule has 1 aliphatic carbocycles. The summed E-state index contributed by atoms with van der Waals surface area (Å²) in [6.07, 6.45) is 8.77. The van der Waals surface area contributed by atoms with Gasteiger partial charge < -0.3 is 5.11 Å². The molecule has 3 heteroatoms. The van der Waals surface area contributed by atoms with Gasteiger partial charge in [-0.2, -0.15) is 0 Å². The van der Waals surface area contributed by atoms with Crippen LogP contribution in [0.25, 0.3) is 0 Å². The highest BCUT2D eigenvalue weighted by Crippen LogP contribution is 2.33. The van der Waals surface area contributed by atoms with Crippen LogP contribution in [0.2, 0.25) is 5.02 Å². The predicted molar refractivity (Wildman–Crippen MR) is 79.9 cm³/mol. The zero-order chi connectivity index (χ0) is 13.0. The molecule has 0 aliphatic heterocycles. The Hall–Kier alpha value is -0.310. The smallest absolute Gasteiger partial charge is 0.101 e. The lowest BCUT2D eigenvalue weighted by atomic mass is 9.93. The highest BCUT2D eigenvalue weighted by Gasteiger charge is 2.16. The molecule has 0 bridgehead atoms. The topological polar surface area (TPSA) is 20.2 Å². The van der Waals surface area contributed by atoms with Crippen molar-refractivity contribution in [1.29, 1.82) is 0 Å². The SMILES string of the molecule is OC(/C1=C/CCCCCC1)c1ccc(Cl)cc1Br. The third-order valence-corrected chi connectivity index (χ3v) is 4.36. The number of aliphatic hydroxyl groups is 1. The number of halogens is 2. The summed E-state index contributed by atoms with van der Waals surface area (Å²) in [5.41, 5.74) is 2.06. The van der Waals surface area contributed by atoms with Crippen LogP contribution in [0.1, 0.15) is 50.2 Å². The molecule has 0 spiro atoms. The van der Waals surface area contributed by atoms with Crippen LogP contribution in [-0.4, -0.2) is 5.11 Å². The molecule has 0 fully saturated rings. The lowest BCUT2D eigenvalue weighted by Crippen LogP contribution is -2.04. The van der Waals surface area contributed by atoms with E-state index in [1.165, 1.54) is 25.7 Å². The van der Waals surface area contributed by atoms with Crippen molar-refractivity contribution in [2.24, 2.45) is 0 Å². The van der Waals surface area contributed by atoms with E-state index in [2.05, 4.69) is 22.0 Å². The van der Waals surface area contributed by atoms with Crippen molar-refractivity contribution in [2.75, 3.05) is 0 Å². The quantitative estimate of drug-likeness (QED) is 0.719.